The van der Waals surface area contributed by atoms with E-state index in [0.717, 1.165) is 32.1 Å². The van der Waals surface area contributed by atoms with E-state index in [1.807, 2.05) is 39.4 Å². The van der Waals surface area contributed by atoms with Crippen LogP contribution in [0.15, 0.2) is 48.6 Å². The van der Waals surface area contributed by atoms with Crippen LogP contribution in [0.3, 0.4) is 0 Å². The van der Waals surface area contributed by atoms with E-state index in [4.69, 9.17) is 18.5 Å². The minimum Gasteiger partial charge on any atom is -0.462 e. The number of esters is 2. The maximum atomic E-state index is 12.7. The summed E-state index contributed by atoms with van der Waals surface area (Å²) in [6.07, 6.45) is 43.3. The summed E-state index contributed by atoms with van der Waals surface area (Å²) in [4.78, 5) is 35.4. The van der Waals surface area contributed by atoms with E-state index in [9.17, 15) is 24.2 Å². The van der Waals surface area contributed by atoms with Gasteiger partial charge in [0.25, 0.3) is 0 Å². The van der Waals surface area contributed by atoms with E-state index in [2.05, 4.69) is 32.1 Å². The molecule has 0 radical (unpaired) electrons. The van der Waals surface area contributed by atoms with Gasteiger partial charge in [-0.1, -0.05) is 178 Å². The van der Waals surface area contributed by atoms with Gasteiger partial charge in [-0.25, -0.2) is 4.57 Å². The van der Waals surface area contributed by atoms with E-state index in [1.165, 1.54) is 109 Å². The fraction of sp³-hybridized carbons (Fsp3) is 0.792. The SMILES string of the molecule is CCCCC/C=C\C/C=C\CC(O)/C=C\C=C\CCCC(=O)O[C@H](COC(=O)CCCCCCCCCCCCCCCCCCC)COP(=O)(O)OCC[N+](C)(C)C. The van der Waals surface area contributed by atoms with E-state index < -0.39 is 38.6 Å². The minimum absolute atomic E-state index is 0.00587. The van der Waals surface area contributed by atoms with Crippen molar-refractivity contribution in [3.8, 4) is 0 Å². The number of likely N-dealkylation sites (N-methyl/N-ethyl adjacent to an activating group) is 1. The number of phosphoric acid groups is 1. The lowest BCUT2D eigenvalue weighted by atomic mass is 10.0. The van der Waals surface area contributed by atoms with Crippen LogP contribution in [0.2, 0.25) is 0 Å². The molecule has 0 fully saturated rings. The summed E-state index contributed by atoms with van der Waals surface area (Å²) in [5.41, 5.74) is 0. The zero-order chi connectivity index (χ0) is 43.7. The molecule has 0 amide bonds. The summed E-state index contributed by atoms with van der Waals surface area (Å²) in [7, 11) is 1.39. The summed E-state index contributed by atoms with van der Waals surface area (Å²) in [6.45, 7) is 4.23. The van der Waals surface area contributed by atoms with Gasteiger partial charge in [-0.2, -0.15) is 0 Å². The average Bonchev–Trinajstić information content (AvgIpc) is 3.18. The maximum Gasteiger partial charge on any atom is 0.472 e. The second kappa shape index (κ2) is 40.0. The van der Waals surface area contributed by atoms with Crippen molar-refractivity contribution in [1.29, 1.82) is 0 Å². The largest absolute Gasteiger partial charge is 0.472 e. The molecule has 0 aromatic carbocycles. The minimum atomic E-state index is -4.41. The zero-order valence-corrected chi connectivity index (χ0v) is 39.2. The van der Waals surface area contributed by atoms with Gasteiger partial charge in [0.05, 0.1) is 33.9 Å². The quantitative estimate of drug-likeness (QED) is 0.0154. The second-order valence-electron chi connectivity index (χ2n) is 17.0. The van der Waals surface area contributed by atoms with Gasteiger partial charge in [-0.05, 0) is 44.9 Å². The number of carbonyl (C=O) groups is 2. The normalized spacial score (nSPS) is 14.5. The Labute approximate surface area is 361 Å². The standard InChI is InChI=1S/C48H88NO9P/c1-6-8-10-12-14-16-17-18-19-20-21-22-23-25-27-31-35-39-47(51)55-43-46(44-57-59(53,54)56-42-41-49(3,4)5)58-48(52)40-36-32-28-30-34-38-45(50)37-33-29-26-24-15-13-11-9-7-2/h15,24,28-30,33-34,38,45-46,50H,6-14,16-23,25-27,31-32,35-37,39-44H2,1-5H3/p+1/b24-15-,30-28+,33-29-,38-34-/t45?,46-/m1/s1. The van der Waals surface area contributed by atoms with Crippen LogP contribution < -0.4 is 0 Å². The van der Waals surface area contributed by atoms with Crippen LogP contribution in [0.25, 0.3) is 0 Å². The molecule has 0 aliphatic rings. The molecule has 0 saturated heterocycles. The zero-order valence-electron chi connectivity index (χ0n) is 38.3. The highest BCUT2D eigenvalue weighted by Crippen LogP contribution is 2.43. The second-order valence-corrected chi connectivity index (χ2v) is 18.4. The predicted octanol–water partition coefficient (Wildman–Crippen LogP) is 12.4. The van der Waals surface area contributed by atoms with Gasteiger partial charge in [-0.15, -0.1) is 0 Å². The van der Waals surface area contributed by atoms with Gasteiger partial charge in [0.1, 0.15) is 19.8 Å². The summed E-state index contributed by atoms with van der Waals surface area (Å²) in [5.74, 6) is -0.925. The molecule has 0 aliphatic carbocycles. The van der Waals surface area contributed by atoms with Crippen molar-refractivity contribution in [2.24, 2.45) is 0 Å². The topological polar surface area (TPSA) is 129 Å². The number of allylic oxidation sites excluding steroid dienone is 6. The van der Waals surface area contributed by atoms with Gasteiger partial charge in [0, 0.05) is 12.8 Å². The molecule has 0 rings (SSSR count). The molecule has 11 heteroatoms. The van der Waals surface area contributed by atoms with E-state index in [1.54, 1.807) is 12.2 Å². The van der Waals surface area contributed by atoms with E-state index in [-0.39, 0.29) is 26.1 Å². The molecule has 2 N–H and O–H groups in total. The number of nitrogens with zero attached hydrogens (tertiary/aromatic N) is 1. The highest BCUT2D eigenvalue weighted by atomic mass is 31.2. The van der Waals surface area contributed by atoms with Crippen molar-refractivity contribution in [2.75, 3.05) is 47.5 Å². The van der Waals surface area contributed by atoms with Gasteiger partial charge >= 0.3 is 19.8 Å². The van der Waals surface area contributed by atoms with Crippen molar-refractivity contribution in [3.05, 3.63) is 48.6 Å². The van der Waals surface area contributed by atoms with Crippen LogP contribution in [-0.2, 0) is 32.7 Å². The van der Waals surface area contributed by atoms with Crippen LogP contribution in [0.1, 0.15) is 187 Å². The number of ether oxygens (including phenoxy) is 2. The number of hydrogen-bond acceptors (Lipinski definition) is 8. The number of carbonyl (C=O) groups excluding carboxylic acids is 2. The first-order chi connectivity index (χ1) is 28.4. The Hall–Kier alpha value is -2.07. The molecular weight excluding hydrogens is 766 g/mol. The molecule has 0 aromatic rings. The highest BCUT2D eigenvalue weighted by Gasteiger charge is 2.27. The number of hydrogen-bond donors (Lipinski definition) is 2. The first kappa shape index (κ1) is 56.9. The summed E-state index contributed by atoms with van der Waals surface area (Å²) in [5, 5.41) is 10.2. The molecule has 2 unspecified atom stereocenters. The number of aliphatic hydroxyl groups excluding tert-OH is 1. The molecule has 0 saturated carbocycles. The van der Waals surface area contributed by atoms with Crippen molar-refractivity contribution in [2.45, 2.75) is 199 Å². The summed E-state index contributed by atoms with van der Waals surface area (Å²) in [6, 6.07) is 0. The Kier molecular flexibility index (Phi) is 38.6. The summed E-state index contributed by atoms with van der Waals surface area (Å²) >= 11 is 0. The molecule has 59 heavy (non-hydrogen) atoms. The Bertz CT molecular complexity index is 1160. The molecule has 10 nitrogen and oxygen atoms in total. The van der Waals surface area contributed by atoms with Crippen molar-refractivity contribution in [1.82, 2.24) is 0 Å². The third kappa shape index (κ3) is 43.8. The third-order valence-electron chi connectivity index (χ3n) is 9.94. The van der Waals surface area contributed by atoms with Crippen molar-refractivity contribution >= 4 is 19.8 Å². The fourth-order valence-electron chi connectivity index (χ4n) is 6.20. The number of phosphoric ester groups is 1. The lowest BCUT2D eigenvalue weighted by Crippen LogP contribution is -2.37. The molecule has 0 spiro atoms. The maximum absolute atomic E-state index is 12.7. The smallest absolute Gasteiger partial charge is 0.462 e. The van der Waals surface area contributed by atoms with Crippen LogP contribution >= 0.6 is 7.82 Å². The third-order valence-corrected chi connectivity index (χ3v) is 10.9. The lowest BCUT2D eigenvalue weighted by Gasteiger charge is -2.24. The van der Waals surface area contributed by atoms with E-state index >= 15 is 0 Å². The lowest BCUT2D eigenvalue weighted by molar-refractivity contribution is -0.870. The average molecular weight is 855 g/mol. The van der Waals surface area contributed by atoms with Gasteiger partial charge in [0.15, 0.2) is 6.10 Å². The molecular formula is C48H89NO9P+. The number of aliphatic hydroxyl groups is 1. The molecule has 344 valence electrons. The Balaban J connectivity index is 4.48. The van der Waals surface area contributed by atoms with Gasteiger partial charge in [-0.3, -0.25) is 18.6 Å². The number of quaternary nitrogens is 1. The Morgan fingerprint density at radius 2 is 1.14 bits per heavy atom. The number of rotatable bonds is 42. The fourth-order valence-corrected chi connectivity index (χ4v) is 6.95. The van der Waals surface area contributed by atoms with Crippen molar-refractivity contribution < 1.29 is 47.2 Å². The van der Waals surface area contributed by atoms with Crippen LogP contribution in [-0.4, -0.2) is 86.1 Å². The van der Waals surface area contributed by atoms with E-state index in [0.29, 0.717) is 30.3 Å². The summed E-state index contributed by atoms with van der Waals surface area (Å²) < 4.78 is 34.2. The Morgan fingerprint density at radius 1 is 0.610 bits per heavy atom. The highest BCUT2D eigenvalue weighted by molar-refractivity contribution is 7.47. The van der Waals surface area contributed by atoms with Crippen LogP contribution in [0.5, 0.6) is 0 Å². The molecule has 0 aliphatic heterocycles. The monoisotopic (exact) mass is 855 g/mol. The van der Waals surface area contributed by atoms with Crippen LogP contribution in [0, 0.1) is 0 Å². The van der Waals surface area contributed by atoms with Crippen LogP contribution in [0.4, 0.5) is 0 Å². The first-order valence-electron chi connectivity index (χ1n) is 23.5. The molecule has 0 bridgehead atoms. The van der Waals surface area contributed by atoms with Gasteiger partial charge < -0.3 is 24.0 Å². The molecule has 3 atom stereocenters. The van der Waals surface area contributed by atoms with Gasteiger partial charge in [0.2, 0.25) is 0 Å². The van der Waals surface area contributed by atoms with Crippen molar-refractivity contribution in [3.63, 3.8) is 0 Å². The molecule has 0 aromatic heterocycles. The Morgan fingerprint density at radius 3 is 1.73 bits per heavy atom. The first-order valence-corrected chi connectivity index (χ1v) is 25.0. The molecule has 0 heterocycles. The predicted molar refractivity (Wildman–Crippen MR) is 244 cm³/mol. The number of unbranched alkanes of at least 4 members (excludes halogenated alkanes) is 20.